The van der Waals surface area contributed by atoms with Crippen molar-refractivity contribution in [3.05, 3.63) is 109 Å². The van der Waals surface area contributed by atoms with Crippen molar-refractivity contribution in [1.29, 1.82) is 0 Å². The number of aryl methyl sites for hydroxylation is 2. The molecule has 0 spiro atoms. The van der Waals surface area contributed by atoms with Gasteiger partial charge in [-0.1, -0.05) is 26.0 Å². The molecule has 2 nitrogen and oxygen atoms in total. The number of benzene rings is 2. The Balaban J connectivity index is 0.000000211. The van der Waals surface area contributed by atoms with Crippen LogP contribution in [-0.2, 0) is 23.3 Å². The van der Waals surface area contributed by atoms with Gasteiger partial charge in [-0.15, -0.1) is 69.1 Å². The van der Waals surface area contributed by atoms with Crippen LogP contribution in [0.3, 0.4) is 0 Å². The maximum atomic E-state index is 5.44. The van der Waals surface area contributed by atoms with E-state index in [-0.39, 0.29) is 30.2 Å². The van der Waals surface area contributed by atoms with E-state index < -0.39 is 0 Å². The van der Waals surface area contributed by atoms with E-state index in [1.54, 1.807) is 35.9 Å². The third-order valence-electron chi connectivity index (χ3n) is 5.36. The van der Waals surface area contributed by atoms with Crippen molar-refractivity contribution in [1.82, 2.24) is 0 Å². The van der Waals surface area contributed by atoms with Crippen LogP contribution in [-0.4, -0.2) is 5.43 Å². The molecule has 0 N–H and O–H groups in total. The minimum Gasteiger partial charge on any atom is -1.00 e. The molecule has 0 aliphatic carbocycles. The smallest absolute Gasteiger partial charge is 0.124 e. The summed E-state index contributed by atoms with van der Waals surface area (Å²) in [5.41, 5.74) is 5.14. The van der Waals surface area contributed by atoms with Crippen molar-refractivity contribution in [2.75, 3.05) is 0 Å². The molecule has 2 heterocycles. The van der Waals surface area contributed by atoms with Crippen LogP contribution in [0.5, 0.6) is 0 Å². The summed E-state index contributed by atoms with van der Waals surface area (Å²) in [6.07, 6.45) is 3.42. The minimum absolute atomic E-state index is 0. The van der Waals surface area contributed by atoms with Crippen LogP contribution in [0.15, 0.2) is 106 Å². The molecule has 0 aliphatic rings. The summed E-state index contributed by atoms with van der Waals surface area (Å²) < 4.78 is 10.9. The summed E-state index contributed by atoms with van der Waals surface area (Å²) in [6, 6.07) is 29.2. The Morgan fingerprint density at radius 3 is 1.36 bits per heavy atom. The van der Waals surface area contributed by atoms with Gasteiger partial charge in [0.25, 0.3) is 0 Å². The monoisotopic (exact) mass is 608 g/mol. The van der Waals surface area contributed by atoms with Gasteiger partial charge < -0.3 is 33.6 Å². The van der Waals surface area contributed by atoms with E-state index in [0.717, 1.165) is 11.5 Å². The standard InChI is InChI=1S/2C14H11O.C2H6Si.2ClH.Zr/c2*1-10-8-11-4-2-5-12(13(11)9-10)14-6-3-7-15-14;1-3-2;;;/h2*2-9H,1H3;1-2H3;2*1H;/q2*-1;;;;+2/p-2. The molecule has 184 valence electrons. The van der Waals surface area contributed by atoms with Gasteiger partial charge in [-0.05, 0) is 35.4 Å². The predicted octanol–water partition coefficient (Wildman–Crippen LogP) is 3.05. The van der Waals surface area contributed by atoms with Gasteiger partial charge in [-0.2, -0.15) is 12.1 Å². The zero-order chi connectivity index (χ0) is 24.1. The first-order valence-electron chi connectivity index (χ1n) is 11.3. The molecule has 0 aliphatic heterocycles. The maximum absolute atomic E-state index is 5.44. The van der Waals surface area contributed by atoms with E-state index in [1.807, 2.05) is 24.3 Å². The second-order valence-electron chi connectivity index (χ2n) is 8.64. The summed E-state index contributed by atoms with van der Waals surface area (Å²) in [6.45, 7) is 8.85. The first-order valence-corrected chi connectivity index (χ1v) is 17.5. The Hall–Kier alpha value is -2.10. The van der Waals surface area contributed by atoms with Gasteiger partial charge in [0.05, 0.1) is 12.5 Å². The fraction of sp³-hybridized carbons (Fsp3) is 0.133. The summed E-state index contributed by atoms with van der Waals surface area (Å²) in [5.74, 6) is 1.87. The molecule has 6 aromatic rings. The van der Waals surface area contributed by atoms with Crippen LogP contribution in [0.25, 0.3) is 44.2 Å². The molecule has 0 atom stereocenters. The van der Waals surface area contributed by atoms with E-state index in [2.05, 4.69) is 87.6 Å². The Morgan fingerprint density at radius 1 is 0.639 bits per heavy atom. The molecule has 0 radical (unpaired) electrons. The van der Waals surface area contributed by atoms with Gasteiger partial charge in [-0.3, -0.25) is 0 Å². The zero-order valence-corrected chi connectivity index (χ0v) is 25.8. The van der Waals surface area contributed by atoms with Crippen molar-refractivity contribution in [2.24, 2.45) is 0 Å². The van der Waals surface area contributed by atoms with Crippen molar-refractivity contribution in [3.63, 3.8) is 0 Å². The van der Waals surface area contributed by atoms with Crippen LogP contribution in [0.4, 0.5) is 0 Å². The summed E-state index contributed by atoms with van der Waals surface area (Å²) in [5, 5.41) is 5.10. The Labute approximate surface area is 240 Å². The van der Waals surface area contributed by atoms with Gasteiger partial charge >= 0.3 is 41.9 Å². The van der Waals surface area contributed by atoms with Crippen LogP contribution in [0.2, 0.25) is 13.1 Å². The molecule has 4 aromatic carbocycles. The molecule has 0 bridgehead atoms. The summed E-state index contributed by atoms with van der Waals surface area (Å²) >= 11 is 1.74. The van der Waals surface area contributed by atoms with E-state index in [1.165, 1.54) is 43.8 Å². The molecule has 36 heavy (non-hydrogen) atoms. The molecule has 0 fully saturated rings. The maximum Gasteiger partial charge on any atom is 0.124 e. The topological polar surface area (TPSA) is 26.3 Å². The van der Waals surface area contributed by atoms with Gasteiger partial charge in [0.1, 0.15) is 11.5 Å². The Kier molecular flexibility index (Phi) is 11.7. The number of rotatable bonds is 2. The molecular weight excluding hydrogens is 583 g/mol. The van der Waals surface area contributed by atoms with Gasteiger partial charge in [0.15, 0.2) is 0 Å². The van der Waals surface area contributed by atoms with E-state index in [9.17, 15) is 0 Å². The van der Waals surface area contributed by atoms with Gasteiger partial charge in [0.2, 0.25) is 0 Å². The second-order valence-corrected chi connectivity index (χ2v) is 18.0. The van der Waals surface area contributed by atoms with Crippen LogP contribution < -0.4 is 24.8 Å². The van der Waals surface area contributed by atoms with Crippen LogP contribution in [0.1, 0.15) is 11.1 Å². The molecule has 6 heteroatoms. The predicted molar refractivity (Wildman–Crippen MR) is 141 cm³/mol. The molecule has 6 rings (SSSR count). The molecule has 0 unspecified atom stereocenters. The first kappa shape index (κ1) is 30.1. The Bertz CT molecular complexity index is 1400. The second kappa shape index (κ2) is 14.0. The van der Waals surface area contributed by atoms with E-state index >= 15 is 0 Å². The van der Waals surface area contributed by atoms with E-state index in [4.69, 9.17) is 8.83 Å². The molecular formula is C30H28Cl2O2SiZr-2. The molecule has 2 aromatic heterocycles. The van der Waals surface area contributed by atoms with Crippen molar-refractivity contribution in [3.8, 4) is 22.6 Å². The van der Waals surface area contributed by atoms with Crippen molar-refractivity contribution >= 4 is 27.0 Å². The molecule has 0 saturated carbocycles. The third-order valence-corrected chi connectivity index (χ3v) is 5.36. The molecule has 0 saturated heterocycles. The summed E-state index contributed by atoms with van der Waals surface area (Å²) in [7, 11) is 0. The number of hydrogen-bond acceptors (Lipinski definition) is 2. The zero-order valence-electron chi connectivity index (χ0n) is 20.8. The third kappa shape index (κ3) is 7.46. The average Bonchev–Trinajstić information content (AvgIpc) is 3.58. The van der Waals surface area contributed by atoms with Crippen LogP contribution >= 0.6 is 0 Å². The SMILES string of the molecule is C[Si](C)=[Zr+2].Cc1cc2c(-c3ccco3)cccc2[cH-]1.Cc1cc2c(-c3ccco3)cccc2[cH-]1.[Cl-].[Cl-]. The Morgan fingerprint density at radius 2 is 1.03 bits per heavy atom. The fourth-order valence-electron chi connectivity index (χ4n) is 4.06. The molecule has 0 amide bonds. The average molecular weight is 611 g/mol. The number of fused-ring (bicyclic) bond motifs is 2. The fourth-order valence-corrected chi connectivity index (χ4v) is 4.06. The van der Waals surface area contributed by atoms with Crippen molar-refractivity contribution < 1.29 is 57.0 Å². The van der Waals surface area contributed by atoms with Crippen LogP contribution in [0, 0.1) is 13.8 Å². The van der Waals surface area contributed by atoms with Crippen molar-refractivity contribution in [2.45, 2.75) is 26.9 Å². The number of hydrogen-bond donors (Lipinski definition) is 0. The number of halogens is 2. The van der Waals surface area contributed by atoms with E-state index in [0.29, 0.717) is 0 Å². The largest absolute Gasteiger partial charge is 1.00 e. The first-order chi connectivity index (χ1) is 16.4. The van der Waals surface area contributed by atoms with Gasteiger partial charge in [-0.25, -0.2) is 0 Å². The normalized spacial score (nSPS) is 9.94. The number of furan rings is 2. The summed E-state index contributed by atoms with van der Waals surface area (Å²) in [4.78, 5) is 0. The quantitative estimate of drug-likeness (QED) is 0.223. The van der Waals surface area contributed by atoms with Gasteiger partial charge in [0, 0.05) is 0 Å². The minimum atomic E-state index is 0.